The van der Waals surface area contributed by atoms with Crippen LogP contribution in [0.15, 0.2) is 24.3 Å². The second-order valence-corrected chi connectivity index (χ2v) is 6.22. The molecule has 104 valence electrons. The summed E-state index contributed by atoms with van der Waals surface area (Å²) >= 11 is 0. The Hall–Kier alpha value is -1.06. The van der Waals surface area contributed by atoms with Crippen molar-refractivity contribution in [3.8, 4) is 0 Å². The van der Waals surface area contributed by atoms with Crippen LogP contribution in [-0.4, -0.2) is 49.1 Å². The van der Waals surface area contributed by atoms with Gasteiger partial charge in [-0.25, -0.2) is 0 Å². The van der Waals surface area contributed by atoms with E-state index >= 15 is 0 Å². The highest BCUT2D eigenvalue weighted by molar-refractivity contribution is 5.47. The summed E-state index contributed by atoms with van der Waals surface area (Å²) in [6, 6.07) is 10.3. The van der Waals surface area contributed by atoms with E-state index in [0.717, 1.165) is 12.6 Å². The first-order valence-corrected chi connectivity index (χ1v) is 7.46. The van der Waals surface area contributed by atoms with E-state index in [1.54, 1.807) is 0 Å². The van der Waals surface area contributed by atoms with E-state index in [-0.39, 0.29) is 0 Å². The fraction of sp³-hybridized carbons (Fsp3) is 0.625. The van der Waals surface area contributed by atoms with Gasteiger partial charge in [-0.15, -0.1) is 0 Å². The first-order valence-electron chi connectivity index (χ1n) is 7.46. The molecule has 2 heterocycles. The second-order valence-electron chi connectivity index (χ2n) is 6.22. The molecule has 2 unspecified atom stereocenters. The van der Waals surface area contributed by atoms with Crippen LogP contribution >= 0.6 is 0 Å². The number of anilines is 1. The molecule has 1 N–H and O–H groups in total. The highest BCUT2D eigenvalue weighted by Gasteiger charge is 2.36. The fourth-order valence-electron chi connectivity index (χ4n) is 3.59. The van der Waals surface area contributed by atoms with Crippen LogP contribution in [0, 0.1) is 0 Å². The molecule has 0 saturated carbocycles. The molecule has 1 aromatic carbocycles. The van der Waals surface area contributed by atoms with Gasteiger partial charge in [-0.3, -0.25) is 4.90 Å². The average Bonchev–Trinajstić information content (AvgIpc) is 2.94. The van der Waals surface area contributed by atoms with E-state index in [1.165, 1.54) is 43.6 Å². The fourth-order valence-corrected chi connectivity index (χ4v) is 3.59. The van der Waals surface area contributed by atoms with Gasteiger partial charge in [0.25, 0.3) is 0 Å². The van der Waals surface area contributed by atoms with Gasteiger partial charge >= 0.3 is 0 Å². The minimum Gasteiger partial charge on any atom is -0.381 e. The molecule has 2 atom stereocenters. The highest BCUT2D eigenvalue weighted by atomic mass is 15.2. The van der Waals surface area contributed by atoms with Crippen LogP contribution < -0.4 is 5.32 Å². The molecule has 2 aliphatic rings. The molecule has 19 heavy (non-hydrogen) atoms. The largest absolute Gasteiger partial charge is 0.381 e. The van der Waals surface area contributed by atoms with Crippen LogP contribution in [0.5, 0.6) is 0 Å². The Balaban J connectivity index is 1.66. The van der Waals surface area contributed by atoms with Crippen molar-refractivity contribution in [2.24, 2.45) is 0 Å². The van der Waals surface area contributed by atoms with Crippen molar-refractivity contribution in [2.45, 2.75) is 37.9 Å². The first kappa shape index (κ1) is 12.9. The van der Waals surface area contributed by atoms with Crippen molar-refractivity contribution in [3.05, 3.63) is 29.8 Å². The van der Waals surface area contributed by atoms with Gasteiger partial charge in [-0.05, 0) is 57.6 Å². The zero-order chi connectivity index (χ0) is 13.2. The van der Waals surface area contributed by atoms with Crippen LogP contribution in [-0.2, 0) is 6.54 Å². The van der Waals surface area contributed by atoms with Crippen LogP contribution in [0.3, 0.4) is 0 Å². The number of hydrogen-bond donors (Lipinski definition) is 1. The van der Waals surface area contributed by atoms with Crippen molar-refractivity contribution in [1.82, 2.24) is 9.80 Å². The molecule has 3 rings (SSSR count). The molecule has 0 aromatic heterocycles. The molecule has 2 aliphatic heterocycles. The maximum absolute atomic E-state index is 3.77. The minimum atomic E-state index is 0.650. The number of nitrogens with zero attached hydrogens (tertiary/aromatic N) is 2. The molecule has 0 amide bonds. The normalized spacial score (nSPS) is 26.9. The lowest BCUT2D eigenvalue weighted by Gasteiger charge is -2.22. The second kappa shape index (κ2) is 5.51. The Labute approximate surface area is 116 Å². The molecule has 0 spiro atoms. The van der Waals surface area contributed by atoms with Gasteiger partial charge in [-0.2, -0.15) is 0 Å². The Bertz CT molecular complexity index is 430. The molecule has 3 heteroatoms. The monoisotopic (exact) mass is 259 g/mol. The number of rotatable bonds is 4. The summed E-state index contributed by atoms with van der Waals surface area (Å²) in [6.45, 7) is 3.60. The lowest BCUT2D eigenvalue weighted by Crippen LogP contribution is -2.33. The maximum Gasteiger partial charge on any atom is 0.0429 e. The highest BCUT2D eigenvalue weighted by Crippen LogP contribution is 2.30. The van der Waals surface area contributed by atoms with Gasteiger partial charge in [0.1, 0.15) is 0 Å². The molecule has 2 saturated heterocycles. The molecule has 3 nitrogen and oxygen atoms in total. The third-order valence-electron chi connectivity index (χ3n) is 4.38. The Morgan fingerprint density at radius 2 is 2.16 bits per heavy atom. The summed E-state index contributed by atoms with van der Waals surface area (Å²) in [5, 5.41) is 3.77. The molecule has 1 aromatic rings. The number of benzene rings is 1. The zero-order valence-corrected chi connectivity index (χ0v) is 12.1. The standard InChI is InChI=1S/C16H25N3/c1-18(2)12-13-5-3-6-14(11-13)17-15-8-10-19-9-4-7-16(15)19/h3,5-6,11,15-17H,4,7-10,12H2,1-2H3. The molecule has 0 aliphatic carbocycles. The number of fused-ring (bicyclic) bond motifs is 1. The van der Waals surface area contributed by atoms with Gasteiger partial charge in [-0.1, -0.05) is 12.1 Å². The number of nitrogens with one attached hydrogen (secondary N) is 1. The lowest BCUT2D eigenvalue weighted by molar-refractivity contribution is 0.318. The SMILES string of the molecule is CN(C)Cc1cccc(NC2CCN3CCCC23)c1. The smallest absolute Gasteiger partial charge is 0.0429 e. The third kappa shape index (κ3) is 2.93. The molecule has 0 bridgehead atoms. The first-order chi connectivity index (χ1) is 9.22. The molecular weight excluding hydrogens is 234 g/mol. The average molecular weight is 259 g/mol. The van der Waals surface area contributed by atoms with Crippen molar-refractivity contribution < 1.29 is 0 Å². The molecule has 2 fully saturated rings. The summed E-state index contributed by atoms with van der Waals surface area (Å²) in [7, 11) is 4.24. The van der Waals surface area contributed by atoms with Crippen LogP contribution in [0.2, 0.25) is 0 Å². The maximum atomic E-state index is 3.77. The Morgan fingerprint density at radius 1 is 1.26 bits per heavy atom. The van der Waals surface area contributed by atoms with Crippen molar-refractivity contribution in [1.29, 1.82) is 0 Å². The number of hydrogen-bond acceptors (Lipinski definition) is 3. The van der Waals surface area contributed by atoms with Crippen LogP contribution in [0.4, 0.5) is 5.69 Å². The van der Waals surface area contributed by atoms with Crippen molar-refractivity contribution in [3.63, 3.8) is 0 Å². The molecular formula is C16H25N3. The van der Waals surface area contributed by atoms with E-state index in [1.807, 2.05) is 0 Å². The predicted molar refractivity (Wildman–Crippen MR) is 80.5 cm³/mol. The summed E-state index contributed by atoms with van der Waals surface area (Å²) in [4.78, 5) is 4.87. The topological polar surface area (TPSA) is 18.5 Å². The van der Waals surface area contributed by atoms with Crippen LogP contribution in [0.1, 0.15) is 24.8 Å². The van der Waals surface area contributed by atoms with E-state index in [9.17, 15) is 0 Å². The van der Waals surface area contributed by atoms with Gasteiger partial charge in [0, 0.05) is 30.9 Å². The van der Waals surface area contributed by atoms with Gasteiger partial charge in [0.15, 0.2) is 0 Å². The third-order valence-corrected chi connectivity index (χ3v) is 4.38. The summed E-state index contributed by atoms with van der Waals surface area (Å²) in [5.41, 5.74) is 2.68. The zero-order valence-electron chi connectivity index (χ0n) is 12.1. The van der Waals surface area contributed by atoms with E-state index < -0.39 is 0 Å². The van der Waals surface area contributed by atoms with Gasteiger partial charge < -0.3 is 10.2 Å². The lowest BCUT2D eigenvalue weighted by atomic mass is 10.1. The summed E-state index contributed by atoms with van der Waals surface area (Å²) < 4.78 is 0. The quantitative estimate of drug-likeness (QED) is 0.896. The van der Waals surface area contributed by atoms with Crippen molar-refractivity contribution >= 4 is 5.69 Å². The minimum absolute atomic E-state index is 0.650. The van der Waals surface area contributed by atoms with Crippen LogP contribution in [0.25, 0.3) is 0 Å². The van der Waals surface area contributed by atoms with E-state index in [0.29, 0.717) is 6.04 Å². The predicted octanol–water partition coefficient (Wildman–Crippen LogP) is 2.40. The Morgan fingerprint density at radius 3 is 3.00 bits per heavy atom. The Kier molecular flexibility index (Phi) is 3.76. The summed E-state index contributed by atoms with van der Waals surface area (Å²) in [5.74, 6) is 0. The van der Waals surface area contributed by atoms with Gasteiger partial charge in [0.2, 0.25) is 0 Å². The van der Waals surface area contributed by atoms with E-state index in [4.69, 9.17) is 0 Å². The summed E-state index contributed by atoms with van der Waals surface area (Å²) in [6.07, 6.45) is 4.04. The van der Waals surface area contributed by atoms with E-state index in [2.05, 4.69) is 53.5 Å². The van der Waals surface area contributed by atoms with Crippen molar-refractivity contribution in [2.75, 3.05) is 32.5 Å². The van der Waals surface area contributed by atoms with Gasteiger partial charge in [0.05, 0.1) is 0 Å². The molecule has 0 radical (unpaired) electrons.